The maximum atomic E-state index is 13.5. The van der Waals surface area contributed by atoms with Crippen LogP contribution in [0.25, 0.3) is 10.2 Å². The second kappa shape index (κ2) is 9.10. The van der Waals surface area contributed by atoms with Crippen molar-refractivity contribution in [1.82, 2.24) is 30.2 Å². The molecule has 11 heteroatoms. The van der Waals surface area contributed by atoms with Crippen LogP contribution in [-0.4, -0.2) is 55.8 Å². The zero-order valence-electron chi connectivity index (χ0n) is 18.1. The number of anilines is 1. The van der Waals surface area contributed by atoms with Crippen LogP contribution < -0.4 is 10.6 Å². The molecule has 1 unspecified atom stereocenters. The summed E-state index contributed by atoms with van der Waals surface area (Å²) in [5, 5.41) is 7.91. The average molecular weight is 478 g/mol. The van der Waals surface area contributed by atoms with Gasteiger partial charge in [-0.3, -0.25) is 19.6 Å². The smallest absolute Gasteiger partial charge is 0.274 e. The van der Waals surface area contributed by atoms with E-state index >= 15 is 0 Å². The fraction of sp³-hybridized carbons (Fsp3) is 0.217. The third kappa shape index (κ3) is 4.42. The predicted octanol–water partition coefficient (Wildman–Crippen LogP) is 3.05. The van der Waals surface area contributed by atoms with Crippen molar-refractivity contribution >= 4 is 39.3 Å². The third-order valence-corrected chi connectivity index (χ3v) is 6.43. The number of nitrogens with one attached hydrogen (secondary N) is 2. The highest BCUT2D eigenvalue weighted by molar-refractivity contribution is 7.17. The van der Waals surface area contributed by atoms with E-state index in [9.17, 15) is 14.0 Å². The summed E-state index contributed by atoms with van der Waals surface area (Å²) in [4.78, 5) is 44.0. The summed E-state index contributed by atoms with van der Waals surface area (Å²) in [6.45, 7) is 2.62. The molecular weight excluding hydrogens is 457 g/mol. The highest BCUT2D eigenvalue weighted by Gasteiger charge is 2.34. The molecule has 0 bridgehead atoms. The average Bonchev–Trinajstić information content (AvgIpc) is 3.29. The van der Waals surface area contributed by atoms with Crippen molar-refractivity contribution in [1.29, 1.82) is 0 Å². The van der Waals surface area contributed by atoms with Gasteiger partial charge in [0.15, 0.2) is 5.69 Å². The second-order valence-electron chi connectivity index (χ2n) is 7.95. The standard InChI is InChI=1S/C23H20FN7O2S/c1-13(15-8-16(24)10-26-9-15)27-23-29-18-4-7-34-20(18)19(30-23)22(33)31-11-17(12-31)28-21(32)14-2-5-25-6-3-14/h2-10,13,17H,11-12H2,1H3,(H,28,32)(H,27,29,30). The SMILES string of the molecule is CC(Nc1nc(C(=O)N2CC(NC(=O)c3ccncc3)C2)c2sccc2n1)c1cncc(F)c1. The van der Waals surface area contributed by atoms with E-state index in [-0.39, 0.29) is 29.8 Å². The molecule has 2 amide bonds. The quantitative estimate of drug-likeness (QED) is 0.439. The molecule has 0 aliphatic carbocycles. The van der Waals surface area contributed by atoms with Crippen LogP contribution in [0.4, 0.5) is 10.3 Å². The predicted molar refractivity (Wildman–Crippen MR) is 125 cm³/mol. The molecule has 4 aromatic heterocycles. The molecule has 5 rings (SSSR count). The minimum atomic E-state index is -0.431. The van der Waals surface area contributed by atoms with E-state index in [0.717, 1.165) is 6.20 Å². The van der Waals surface area contributed by atoms with E-state index in [1.165, 1.54) is 17.4 Å². The first-order valence-electron chi connectivity index (χ1n) is 10.6. The summed E-state index contributed by atoms with van der Waals surface area (Å²) in [6, 6.07) is 6.04. The lowest BCUT2D eigenvalue weighted by molar-refractivity contribution is 0.0539. The van der Waals surface area contributed by atoms with Gasteiger partial charge in [-0.1, -0.05) is 0 Å². The minimum Gasteiger partial charge on any atom is -0.348 e. The Morgan fingerprint density at radius 2 is 1.94 bits per heavy atom. The maximum Gasteiger partial charge on any atom is 0.274 e. The topological polar surface area (TPSA) is 113 Å². The number of hydrogen-bond acceptors (Lipinski definition) is 8. The largest absolute Gasteiger partial charge is 0.348 e. The molecule has 1 fully saturated rings. The summed E-state index contributed by atoms with van der Waals surface area (Å²) in [5.41, 5.74) is 2.11. The summed E-state index contributed by atoms with van der Waals surface area (Å²) < 4.78 is 14.2. The molecule has 0 radical (unpaired) electrons. The Balaban J connectivity index is 1.29. The molecule has 0 spiro atoms. The van der Waals surface area contributed by atoms with E-state index in [4.69, 9.17) is 0 Å². The number of amides is 2. The molecule has 1 atom stereocenters. The Labute approximate surface area is 198 Å². The lowest BCUT2D eigenvalue weighted by Gasteiger charge is -2.39. The van der Waals surface area contributed by atoms with Gasteiger partial charge < -0.3 is 15.5 Å². The molecule has 0 saturated carbocycles. The molecule has 4 aromatic rings. The van der Waals surface area contributed by atoms with E-state index < -0.39 is 5.82 Å². The first kappa shape index (κ1) is 21.8. The highest BCUT2D eigenvalue weighted by Crippen LogP contribution is 2.27. The summed E-state index contributed by atoms with van der Waals surface area (Å²) in [7, 11) is 0. The van der Waals surface area contributed by atoms with Crippen molar-refractivity contribution in [2.45, 2.75) is 19.0 Å². The van der Waals surface area contributed by atoms with Crippen LogP contribution in [0.2, 0.25) is 0 Å². The van der Waals surface area contributed by atoms with E-state index in [2.05, 4.69) is 30.6 Å². The van der Waals surface area contributed by atoms with E-state index in [1.54, 1.807) is 35.6 Å². The lowest BCUT2D eigenvalue weighted by atomic mass is 10.1. The molecule has 5 heterocycles. The second-order valence-corrected chi connectivity index (χ2v) is 8.87. The normalized spacial score (nSPS) is 14.5. The van der Waals surface area contributed by atoms with Crippen LogP contribution in [0.5, 0.6) is 0 Å². The number of thiophene rings is 1. The molecule has 9 nitrogen and oxygen atoms in total. The number of aromatic nitrogens is 4. The van der Waals surface area contributed by atoms with E-state index in [1.807, 2.05) is 18.4 Å². The van der Waals surface area contributed by atoms with Crippen LogP contribution in [0.1, 0.15) is 39.4 Å². The van der Waals surface area contributed by atoms with Gasteiger partial charge in [0, 0.05) is 37.2 Å². The number of pyridine rings is 2. The molecular formula is C23H20FN7O2S. The van der Waals surface area contributed by atoms with Crippen LogP contribution in [0, 0.1) is 5.82 Å². The first-order valence-corrected chi connectivity index (χ1v) is 11.5. The van der Waals surface area contributed by atoms with Crippen LogP contribution in [0.15, 0.2) is 54.4 Å². The zero-order chi connectivity index (χ0) is 23.7. The number of carbonyl (C=O) groups is 2. The van der Waals surface area contributed by atoms with Gasteiger partial charge in [0.05, 0.1) is 28.5 Å². The highest BCUT2D eigenvalue weighted by atomic mass is 32.1. The maximum absolute atomic E-state index is 13.5. The number of carbonyl (C=O) groups excluding carboxylic acids is 2. The Morgan fingerprint density at radius 3 is 2.71 bits per heavy atom. The Hall–Kier alpha value is -3.99. The molecule has 1 saturated heterocycles. The van der Waals surface area contributed by atoms with Gasteiger partial charge in [0.1, 0.15) is 5.82 Å². The fourth-order valence-electron chi connectivity index (χ4n) is 3.67. The fourth-order valence-corrected chi connectivity index (χ4v) is 4.48. The van der Waals surface area contributed by atoms with Crippen LogP contribution in [-0.2, 0) is 0 Å². The Bertz CT molecular complexity index is 1360. The van der Waals surface area contributed by atoms with Gasteiger partial charge in [-0.2, -0.15) is 0 Å². The molecule has 34 heavy (non-hydrogen) atoms. The number of likely N-dealkylation sites (tertiary alicyclic amines) is 1. The monoisotopic (exact) mass is 477 g/mol. The molecule has 1 aliphatic rings. The minimum absolute atomic E-state index is 0.136. The zero-order valence-corrected chi connectivity index (χ0v) is 18.9. The number of nitrogens with zero attached hydrogens (tertiary/aromatic N) is 5. The Morgan fingerprint density at radius 1 is 1.15 bits per heavy atom. The number of rotatable bonds is 6. The van der Waals surface area contributed by atoms with Crippen molar-refractivity contribution in [3.8, 4) is 0 Å². The lowest BCUT2D eigenvalue weighted by Crippen LogP contribution is -2.61. The molecule has 2 N–H and O–H groups in total. The van der Waals surface area contributed by atoms with Crippen molar-refractivity contribution in [3.05, 3.63) is 77.1 Å². The summed E-state index contributed by atoms with van der Waals surface area (Å²) in [5.74, 6) is -0.587. The van der Waals surface area contributed by atoms with Gasteiger partial charge >= 0.3 is 0 Å². The molecule has 1 aliphatic heterocycles. The van der Waals surface area contributed by atoms with Gasteiger partial charge in [-0.05, 0) is 42.1 Å². The number of hydrogen-bond donors (Lipinski definition) is 2. The molecule has 172 valence electrons. The van der Waals surface area contributed by atoms with Crippen LogP contribution >= 0.6 is 11.3 Å². The van der Waals surface area contributed by atoms with Crippen molar-refractivity contribution in [3.63, 3.8) is 0 Å². The number of halogens is 1. The number of fused-ring (bicyclic) bond motifs is 1. The summed E-state index contributed by atoms with van der Waals surface area (Å²) >= 11 is 1.39. The van der Waals surface area contributed by atoms with Gasteiger partial charge in [0.25, 0.3) is 11.8 Å². The van der Waals surface area contributed by atoms with Gasteiger partial charge in [-0.25, -0.2) is 14.4 Å². The van der Waals surface area contributed by atoms with Crippen LogP contribution in [0.3, 0.4) is 0 Å². The molecule has 0 aromatic carbocycles. The van der Waals surface area contributed by atoms with Crippen molar-refractivity contribution in [2.24, 2.45) is 0 Å². The van der Waals surface area contributed by atoms with Crippen molar-refractivity contribution in [2.75, 3.05) is 18.4 Å². The van der Waals surface area contributed by atoms with Gasteiger partial charge in [0.2, 0.25) is 5.95 Å². The third-order valence-electron chi connectivity index (χ3n) is 5.52. The van der Waals surface area contributed by atoms with Crippen molar-refractivity contribution < 1.29 is 14.0 Å². The van der Waals surface area contributed by atoms with E-state index in [0.29, 0.717) is 40.1 Å². The Kier molecular flexibility index (Phi) is 5.84. The van der Waals surface area contributed by atoms with Gasteiger partial charge in [-0.15, -0.1) is 11.3 Å². The summed E-state index contributed by atoms with van der Waals surface area (Å²) in [6.07, 6.45) is 5.82. The first-order chi connectivity index (χ1) is 16.5.